The zero-order chi connectivity index (χ0) is 19.9. The van der Waals surface area contributed by atoms with Crippen molar-refractivity contribution in [1.29, 1.82) is 0 Å². The second-order valence-corrected chi connectivity index (χ2v) is 5.69. The van der Waals surface area contributed by atoms with E-state index in [1.165, 1.54) is 18.2 Å². The van der Waals surface area contributed by atoms with E-state index < -0.39 is 22.8 Å². The van der Waals surface area contributed by atoms with Gasteiger partial charge in [-0.15, -0.1) is 0 Å². The molecule has 3 rings (SSSR count). The molecular formula is C18H16N4O6. The topological polar surface area (TPSA) is 132 Å². The van der Waals surface area contributed by atoms with Gasteiger partial charge in [-0.1, -0.05) is 24.3 Å². The summed E-state index contributed by atoms with van der Waals surface area (Å²) in [6.07, 6.45) is 0.283. The second-order valence-electron chi connectivity index (χ2n) is 5.69. The number of hydrogen-bond acceptors (Lipinski definition) is 7. The summed E-state index contributed by atoms with van der Waals surface area (Å²) in [5.74, 6) is -0.103. The molecule has 1 aliphatic heterocycles. The Labute approximate surface area is 159 Å². The molecule has 1 aliphatic rings. The van der Waals surface area contributed by atoms with Crippen LogP contribution in [0.2, 0.25) is 0 Å². The molecule has 28 heavy (non-hydrogen) atoms. The van der Waals surface area contributed by atoms with Crippen molar-refractivity contribution in [1.82, 2.24) is 10.7 Å². The molecule has 0 fully saturated rings. The van der Waals surface area contributed by atoms with Crippen LogP contribution in [0.1, 0.15) is 5.56 Å². The predicted molar refractivity (Wildman–Crippen MR) is 98.2 cm³/mol. The third-order valence-corrected chi connectivity index (χ3v) is 3.75. The van der Waals surface area contributed by atoms with E-state index in [0.717, 1.165) is 6.21 Å². The van der Waals surface area contributed by atoms with Gasteiger partial charge >= 0.3 is 0 Å². The van der Waals surface area contributed by atoms with Gasteiger partial charge in [0, 0.05) is 6.07 Å². The Balaban J connectivity index is 1.47. The Morgan fingerprint density at radius 2 is 1.89 bits per heavy atom. The van der Waals surface area contributed by atoms with E-state index in [0.29, 0.717) is 11.5 Å². The molecule has 1 heterocycles. The average Bonchev–Trinajstić information content (AvgIpc) is 2.72. The number of carbonyl (C=O) groups excluding carboxylic acids is 2. The number of nitrogens with zero attached hydrogens (tertiary/aromatic N) is 2. The van der Waals surface area contributed by atoms with Crippen LogP contribution in [0.4, 0.5) is 5.69 Å². The lowest BCUT2D eigenvalue weighted by Crippen LogP contribution is -2.46. The summed E-state index contributed by atoms with van der Waals surface area (Å²) in [6.45, 7) is -0.311. The van der Waals surface area contributed by atoms with Crippen LogP contribution in [0.15, 0.2) is 53.6 Å². The zero-order valence-electron chi connectivity index (χ0n) is 14.5. The molecule has 2 N–H and O–H groups in total. The molecule has 2 amide bonds. The van der Waals surface area contributed by atoms with Gasteiger partial charge in [-0.2, -0.15) is 5.10 Å². The van der Waals surface area contributed by atoms with Crippen LogP contribution >= 0.6 is 0 Å². The molecule has 10 nitrogen and oxygen atoms in total. The van der Waals surface area contributed by atoms with Crippen LogP contribution in [0, 0.1) is 10.1 Å². The van der Waals surface area contributed by atoms with E-state index in [2.05, 4.69) is 15.8 Å². The minimum absolute atomic E-state index is 0.0281. The monoisotopic (exact) mass is 384 g/mol. The van der Waals surface area contributed by atoms with Gasteiger partial charge in [-0.3, -0.25) is 19.7 Å². The summed E-state index contributed by atoms with van der Waals surface area (Å²) in [5.41, 5.74) is 2.30. The standard InChI is InChI=1S/C18H16N4O6/c23-17(21-20-9-12-5-1-2-6-13(12)22(25)26)10-19-18(24)16-11-27-14-7-3-4-8-15(14)28-16/h1-9,16H,10-11H2,(H,19,24)(H,21,23)/b20-9+. The highest BCUT2D eigenvalue weighted by atomic mass is 16.6. The van der Waals surface area contributed by atoms with Crippen molar-refractivity contribution in [2.75, 3.05) is 13.2 Å². The first-order chi connectivity index (χ1) is 13.5. The van der Waals surface area contributed by atoms with Crippen LogP contribution in [-0.2, 0) is 9.59 Å². The number of fused-ring (bicyclic) bond motifs is 1. The minimum atomic E-state index is -0.877. The molecule has 10 heteroatoms. The van der Waals surface area contributed by atoms with Gasteiger partial charge in [-0.05, 0) is 18.2 Å². The van der Waals surface area contributed by atoms with E-state index in [9.17, 15) is 19.7 Å². The van der Waals surface area contributed by atoms with E-state index in [4.69, 9.17) is 9.47 Å². The average molecular weight is 384 g/mol. The second kappa shape index (κ2) is 8.62. The van der Waals surface area contributed by atoms with Crippen LogP contribution in [0.5, 0.6) is 11.5 Å². The number of hydrogen-bond donors (Lipinski definition) is 2. The normalized spacial score (nSPS) is 15.1. The Morgan fingerprint density at radius 1 is 1.18 bits per heavy atom. The number of rotatable bonds is 6. The van der Waals surface area contributed by atoms with Gasteiger partial charge in [0.15, 0.2) is 11.5 Å². The predicted octanol–water partition coefficient (Wildman–Crippen LogP) is 1.00. The molecule has 0 aromatic heterocycles. The van der Waals surface area contributed by atoms with Gasteiger partial charge in [0.25, 0.3) is 17.5 Å². The van der Waals surface area contributed by atoms with Crippen LogP contribution in [-0.4, -0.2) is 42.2 Å². The van der Waals surface area contributed by atoms with Crippen LogP contribution in [0.25, 0.3) is 0 Å². The quantitative estimate of drug-likeness (QED) is 0.434. The summed E-state index contributed by atoms with van der Waals surface area (Å²) in [5, 5.41) is 17.0. The Bertz CT molecular complexity index is 930. The van der Waals surface area contributed by atoms with Crippen molar-refractivity contribution in [3.63, 3.8) is 0 Å². The van der Waals surface area contributed by atoms with E-state index in [1.807, 2.05) is 0 Å². The molecule has 144 valence electrons. The molecular weight excluding hydrogens is 368 g/mol. The molecule has 0 aliphatic carbocycles. The molecule has 0 saturated heterocycles. The lowest BCUT2D eigenvalue weighted by atomic mass is 10.2. The van der Waals surface area contributed by atoms with E-state index in [1.54, 1.807) is 30.3 Å². The first-order valence-corrected chi connectivity index (χ1v) is 8.26. The molecule has 2 aromatic rings. The van der Waals surface area contributed by atoms with Gasteiger partial charge in [0.2, 0.25) is 6.10 Å². The highest BCUT2D eigenvalue weighted by Gasteiger charge is 2.27. The number of amides is 2. The van der Waals surface area contributed by atoms with Crippen LogP contribution < -0.4 is 20.2 Å². The molecule has 0 spiro atoms. The van der Waals surface area contributed by atoms with Crippen molar-refractivity contribution in [3.8, 4) is 11.5 Å². The number of benzene rings is 2. The maximum Gasteiger partial charge on any atom is 0.278 e. The summed E-state index contributed by atoms with van der Waals surface area (Å²) >= 11 is 0. The fourth-order valence-corrected chi connectivity index (χ4v) is 2.41. The summed E-state index contributed by atoms with van der Waals surface area (Å²) in [7, 11) is 0. The summed E-state index contributed by atoms with van der Waals surface area (Å²) in [6, 6.07) is 12.9. The fourth-order valence-electron chi connectivity index (χ4n) is 2.41. The minimum Gasteiger partial charge on any atom is -0.485 e. The Hall–Kier alpha value is -3.95. The van der Waals surface area contributed by atoms with Crippen molar-refractivity contribution in [2.45, 2.75) is 6.10 Å². The number of ether oxygens (including phenoxy) is 2. The third kappa shape index (κ3) is 4.61. The van der Waals surface area contributed by atoms with E-state index >= 15 is 0 Å². The number of nitrogens with one attached hydrogen (secondary N) is 2. The largest absolute Gasteiger partial charge is 0.485 e. The zero-order valence-corrected chi connectivity index (χ0v) is 14.5. The van der Waals surface area contributed by atoms with Crippen molar-refractivity contribution < 1.29 is 24.0 Å². The molecule has 0 radical (unpaired) electrons. The maximum absolute atomic E-state index is 12.1. The molecule has 0 bridgehead atoms. The number of nitro groups is 1. The Kier molecular flexibility index (Phi) is 5.80. The first kappa shape index (κ1) is 18.8. The van der Waals surface area contributed by atoms with E-state index in [-0.39, 0.29) is 24.4 Å². The first-order valence-electron chi connectivity index (χ1n) is 8.26. The molecule has 0 saturated carbocycles. The van der Waals surface area contributed by atoms with Crippen LogP contribution in [0.3, 0.4) is 0 Å². The Morgan fingerprint density at radius 3 is 2.68 bits per heavy atom. The number of nitro benzene ring substituents is 1. The number of carbonyl (C=O) groups is 2. The highest BCUT2D eigenvalue weighted by Crippen LogP contribution is 2.30. The lowest BCUT2D eigenvalue weighted by molar-refractivity contribution is -0.385. The fraction of sp³-hybridized carbons (Fsp3) is 0.167. The number of hydrazone groups is 1. The molecule has 1 unspecified atom stereocenters. The lowest BCUT2D eigenvalue weighted by Gasteiger charge is -2.25. The maximum atomic E-state index is 12.1. The molecule has 1 atom stereocenters. The van der Waals surface area contributed by atoms with Crippen molar-refractivity contribution in [3.05, 3.63) is 64.2 Å². The van der Waals surface area contributed by atoms with Gasteiger partial charge in [-0.25, -0.2) is 5.43 Å². The SMILES string of the molecule is O=C(CNC(=O)C1COc2ccccc2O1)N/N=C/c1ccccc1[N+](=O)[O-]. The number of para-hydroxylation sites is 3. The third-order valence-electron chi connectivity index (χ3n) is 3.75. The molecule has 2 aromatic carbocycles. The van der Waals surface area contributed by atoms with Crippen molar-refractivity contribution >= 4 is 23.7 Å². The van der Waals surface area contributed by atoms with Gasteiger partial charge in [0.1, 0.15) is 6.61 Å². The van der Waals surface area contributed by atoms with Crippen molar-refractivity contribution in [2.24, 2.45) is 5.10 Å². The van der Waals surface area contributed by atoms with Gasteiger partial charge in [0.05, 0.1) is 23.2 Å². The summed E-state index contributed by atoms with van der Waals surface area (Å²) in [4.78, 5) is 34.3. The highest BCUT2D eigenvalue weighted by molar-refractivity contribution is 5.89. The summed E-state index contributed by atoms with van der Waals surface area (Å²) < 4.78 is 11.0. The van der Waals surface area contributed by atoms with Gasteiger partial charge < -0.3 is 14.8 Å². The smallest absolute Gasteiger partial charge is 0.278 e.